The first-order valence-electron chi connectivity index (χ1n) is 7.38. The van der Waals surface area contributed by atoms with E-state index in [2.05, 4.69) is 39.0 Å². The maximum atomic E-state index is 6.47. The highest BCUT2D eigenvalue weighted by molar-refractivity contribution is 6.74. The molecule has 0 fully saturated rings. The molecule has 2 rings (SSSR count). The van der Waals surface area contributed by atoms with Crippen molar-refractivity contribution in [3.8, 4) is 5.75 Å². The Labute approximate surface area is 128 Å². The topological polar surface area (TPSA) is 35.3 Å². The number of hydrogen-bond acceptors (Lipinski definition) is 3. The summed E-state index contributed by atoms with van der Waals surface area (Å²) in [4.78, 5) is 0. The number of fused-ring (bicyclic) bond motifs is 1. The van der Waals surface area contributed by atoms with E-state index in [1.165, 1.54) is 0 Å². The molecule has 0 atom stereocenters. The van der Waals surface area contributed by atoms with E-state index >= 15 is 0 Å². The zero-order valence-corrected chi connectivity index (χ0v) is 15.1. The summed E-state index contributed by atoms with van der Waals surface area (Å²) in [5.74, 6) is 0.892. The minimum absolute atomic E-state index is 0.159. The Bertz CT molecular complexity index is 678. The van der Waals surface area contributed by atoms with Crippen LogP contribution in [0.1, 0.15) is 39.0 Å². The highest BCUT2D eigenvalue weighted by Gasteiger charge is 2.39. The Morgan fingerprint density at radius 1 is 1.24 bits per heavy atom. The van der Waals surface area contributed by atoms with Gasteiger partial charge in [-0.3, -0.25) is 0 Å². The van der Waals surface area contributed by atoms with Crippen molar-refractivity contribution < 1.29 is 8.95 Å². The zero-order valence-electron chi connectivity index (χ0n) is 14.1. The van der Waals surface area contributed by atoms with Crippen LogP contribution < -0.4 is 4.43 Å². The van der Waals surface area contributed by atoms with Gasteiger partial charge in [-0.2, -0.15) is 0 Å². The summed E-state index contributed by atoms with van der Waals surface area (Å²) in [5.41, 5.74) is 2.71. The summed E-state index contributed by atoms with van der Waals surface area (Å²) in [7, 11) is -1.88. The smallest absolute Gasteiger partial charge is 0.250 e. The van der Waals surface area contributed by atoms with Gasteiger partial charge in [0.05, 0.1) is 11.3 Å². The molecule has 0 aliphatic heterocycles. The average molecular weight is 303 g/mol. The van der Waals surface area contributed by atoms with E-state index in [1.807, 2.05) is 38.1 Å². The average Bonchev–Trinajstić information content (AvgIpc) is 2.73. The SMILES string of the molecule is C/C=C\c1c(O[Si](C)(C)C(C)(C)C)ccc2c(C)noc12. The maximum absolute atomic E-state index is 6.47. The minimum atomic E-state index is -1.88. The zero-order chi connectivity index (χ0) is 15.8. The molecule has 0 aliphatic carbocycles. The van der Waals surface area contributed by atoms with Crippen LogP contribution in [0.25, 0.3) is 17.0 Å². The largest absolute Gasteiger partial charge is 0.543 e. The molecule has 0 amide bonds. The van der Waals surface area contributed by atoms with E-state index in [0.29, 0.717) is 0 Å². The molecule has 0 spiro atoms. The molecule has 0 radical (unpaired) electrons. The van der Waals surface area contributed by atoms with Gasteiger partial charge in [0.2, 0.25) is 0 Å². The lowest BCUT2D eigenvalue weighted by Gasteiger charge is -2.36. The highest BCUT2D eigenvalue weighted by Crippen LogP contribution is 2.40. The van der Waals surface area contributed by atoms with Crippen molar-refractivity contribution in [2.75, 3.05) is 0 Å². The molecule has 0 unspecified atom stereocenters. The lowest BCUT2D eigenvalue weighted by molar-refractivity contribution is 0.446. The Balaban J connectivity index is 2.57. The van der Waals surface area contributed by atoms with E-state index in [9.17, 15) is 0 Å². The summed E-state index contributed by atoms with van der Waals surface area (Å²) >= 11 is 0. The summed E-state index contributed by atoms with van der Waals surface area (Å²) in [6.45, 7) is 15.2. The fraction of sp³-hybridized carbons (Fsp3) is 0.471. The molecule has 0 saturated carbocycles. The van der Waals surface area contributed by atoms with Crippen molar-refractivity contribution in [2.24, 2.45) is 0 Å². The van der Waals surface area contributed by atoms with Gasteiger partial charge in [0.15, 0.2) is 5.58 Å². The van der Waals surface area contributed by atoms with Crippen molar-refractivity contribution in [3.63, 3.8) is 0 Å². The van der Waals surface area contributed by atoms with Crippen molar-refractivity contribution >= 4 is 25.4 Å². The van der Waals surface area contributed by atoms with Gasteiger partial charge in [-0.05, 0) is 44.1 Å². The van der Waals surface area contributed by atoms with E-state index in [0.717, 1.165) is 28.0 Å². The van der Waals surface area contributed by atoms with E-state index in [-0.39, 0.29) is 5.04 Å². The van der Waals surface area contributed by atoms with Gasteiger partial charge in [0, 0.05) is 5.39 Å². The summed E-state index contributed by atoms with van der Waals surface area (Å²) in [6.07, 6.45) is 4.04. The van der Waals surface area contributed by atoms with Crippen molar-refractivity contribution in [1.29, 1.82) is 0 Å². The molecule has 0 bridgehead atoms. The predicted octanol–water partition coefficient (Wildman–Crippen LogP) is 5.55. The van der Waals surface area contributed by atoms with Gasteiger partial charge in [0.1, 0.15) is 5.75 Å². The number of nitrogens with zero attached hydrogens (tertiary/aromatic N) is 1. The standard InChI is InChI=1S/C17H25NO2Si/c1-8-9-14-15(20-21(6,7)17(3,4)5)11-10-13-12(2)18-19-16(13)14/h8-11H,1-7H3/b9-8-. The third-order valence-electron chi connectivity index (χ3n) is 4.32. The second-order valence-electron chi connectivity index (χ2n) is 6.98. The monoisotopic (exact) mass is 303 g/mol. The highest BCUT2D eigenvalue weighted by atomic mass is 28.4. The Morgan fingerprint density at radius 3 is 2.48 bits per heavy atom. The summed E-state index contributed by atoms with van der Waals surface area (Å²) in [5, 5.41) is 5.28. The Kier molecular flexibility index (Phi) is 4.02. The van der Waals surface area contributed by atoms with Gasteiger partial charge in [0.25, 0.3) is 8.32 Å². The van der Waals surface area contributed by atoms with Crippen LogP contribution >= 0.6 is 0 Å². The van der Waals surface area contributed by atoms with E-state index in [4.69, 9.17) is 8.95 Å². The molecular weight excluding hydrogens is 278 g/mol. The first kappa shape index (κ1) is 15.8. The lowest BCUT2D eigenvalue weighted by atomic mass is 10.1. The van der Waals surface area contributed by atoms with Crippen LogP contribution in [0.5, 0.6) is 5.75 Å². The van der Waals surface area contributed by atoms with Crippen LogP contribution in [0, 0.1) is 6.92 Å². The summed E-state index contributed by atoms with van der Waals surface area (Å²) < 4.78 is 12.0. The molecule has 21 heavy (non-hydrogen) atoms. The second-order valence-corrected chi connectivity index (χ2v) is 11.7. The molecule has 0 N–H and O–H groups in total. The molecular formula is C17H25NO2Si. The molecule has 4 heteroatoms. The van der Waals surface area contributed by atoms with Gasteiger partial charge in [-0.1, -0.05) is 38.1 Å². The van der Waals surface area contributed by atoms with Crippen LogP contribution in [0.3, 0.4) is 0 Å². The maximum Gasteiger partial charge on any atom is 0.250 e. The molecule has 114 valence electrons. The van der Waals surface area contributed by atoms with Crippen LogP contribution in [0.2, 0.25) is 18.1 Å². The second kappa shape index (κ2) is 5.33. The normalized spacial score (nSPS) is 13.3. The number of allylic oxidation sites excluding steroid dienone is 1. The van der Waals surface area contributed by atoms with Crippen LogP contribution in [0.15, 0.2) is 22.7 Å². The van der Waals surface area contributed by atoms with E-state index in [1.54, 1.807) is 0 Å². The first-order chi connectivity index (χ1) is 9.67. The van der Waals surface area contributed by atoms with Crippen LogP contribution in [-0.2, 0) is 0 Å². The fourth-order valence-corrected chi connectivity index (χ4v) is 3.00. The fourth-order valence-electron chi connectivity index (χ4n) is 1.97. The van der Waals surface area contributed by atoms with E-state index < -0.39 is 8.32 Å². The molecule has 1 heterocycles. The molecule has 0 aliphatic rings. The van der Waals surface area contributed by atoms with Gasteiger partial charge < -0.3 is 8.95 Å². The first-order valence-corrected chi connectivity index (χ1v) is 10.3. The van der Waals surface area contributed by atoms with Crippen LogP contribution in [-0.4, -0.2) is 13.5 Å². The predicted molar refractivity (Wildman–Crippen MR) is 91.3 cm³/mol. The molecule has 3 nitrogen and oxygen atoms in total. The van der Waals surface area contributed by atoms with Crippen LogP contribution in [0.4, 0.5) is 0 Å². The van der Waals surface area contributed by atoms with Gasteiger partial charge in [-0.15, -0.1) is 0 Å². The molecule has 2 aromatic rings. The summed E-state index contributed by atoms with van der Waals surface area (Å²) in [6, 6.07) is 4.08. The molecule has 0 saturated heterocycles. The van der Waals surface area contributed by atoms with Crippen molar-refractivity contribution in [3.05, 3.63) is 29.5 Å². The number of hydrogen-bond donors (Lipinski definition) is 0. The third kappa shape index (κ3) is 2.90. The molecule has 1 aromatic heterocycles. The van der Waals surface area contributed by atoms with Gasteiger partial charge >= 0.3 is 0 Å². The Morgan fingerprint density at radius 2 is 1.90 bits per heavy atom. The number of aryl methyl sites for hydroxylation is 1. The number of rotatable bonds is 3. The Hall–Kier alpha value is -1.55. The third-order valence-corrected chi connectivity index (χ3v) is 8.67. The van der Waals surface area contributed by atoms with Crippen molar-refractivity contribution in [1.82, 2.24) is 5.16 Å². The van der Waals surface area contributed by atoms with Gasteiger partial charge in [-0.25, -0.2) is 0 Å². The molecule has 1 aromatic carbocycles. The number of benzene rings is 1. The lowest BCUT2D eigenvalue weighted by Crippen LogP contribution is -2.44. The quantitative estimate of drug-likeness (QED) is 0.697. The minimum Gasteiger partial charge on any atom is -0.543 e. The van der Waals surface area contributed by atoms with Crippen molar-refractivity contribution in [2.45, 2.75) is 52.8 Å². The number of aromatic nitrogens is 1.